The molecular formula is C21H28N2O4. The van der Waals surface area contributed by atoms with Gasteiger partial charge in [-0.05, 0) is 20.3 Å². The first-order valence-corrected chi connectivity index (χ1v) is 9.57. The maximum Gasteiger partial charge on any atom is 0.336 e. The molecule has 1 heterocycles. The predicted molar refractivity (Wildman–Crippen MR) is 105 cm³/mol. The standard InChI is InChI=1S/C21H28N2O4/c1-4-6-7-10-14-22-15-13-18(20(16(22)3)21(24)27-5-2)17-11-8-9-12-19(17)23(25)26/h8-9,11-13,15,18H,4-7,10,14H2,1-3H3. The number of para-hydroxylation sites is 1. The SMILES string of the molecule is CCCCCCN1C=CC(c2ccccc2[N+](=O)[O-])C(C(=O)OCC)=C1C. The number of nitro groups is 1. The Morgan fingerprint density at radius 3 is 2.63 bits per heavy atom. The second-order valence-corrected chi connectivity index (χ2v) is 6.61. The van der Waals surface area contributed by atoms with E-state index in [0.29, 0.717) is 11.1 Å². The van der Waals surface area contributed by atoms with Crippen LogP contribution in [-0.2, 0) is 9.53 Å². The molecule has 1 unspecified atom stereocenters. The number of carbonyl (C=O) groups excluding carboxylic acids is 1. The molecule has 2 rings (SSSR count). The Hall–Kier alpha value is -2.63. The number of nitrogens with zero attached hydrogens (tertiary/aromatic N) is 2. The topological polar surface area (TPSA) is 72.7 Å². The zero-order valence-electron chi connectivity index (χ0n) is 16.3. The minimum absolute atomic E-state index is 0.0122. The number of nitro benzene ring substituents is 1. The van der Waals surface area contributed by atoms with Crippen molar-refractivity contribution in [3.63, 3.8) is 0 Å². The Balaban J connectivity index is 2.38. The minimum Gasteiger partial charge on any atom is -0.463 e. The molecule has 1 aromatic rings. The molecule has 0 aromatic heterocycles. The summed E-state index contributed by atoms with van der Waals surface area (Å²) in [5.74, 6) is -0.904. The Morgan fingerprint density at radius 1 is 1.22 bits per heavy atom. The highest BCUT2D eigenvalue weighted by Gasteiger charge is 2.32. The van der Waals surface area contributed by atoms with E-state index in [2.05, 4.69) is 6.92 Å². The van der Waals surface area contributed by atoms with Gasteiger partial charge >= 0.3 is 5.97 Å². The maximum atomic E-state index is 12.7. The lowest BCUT2D eigenvalue weighted by Gasteiger charge is -2.31. The Morgan fingerprint density at radius 2 is 1.96 bits per heavy atom. The molecule has 0 fully saturated rings. The number of carbonyl (C=O) groups is 1. The highest BCUT2D eigenvalue weighted by atomic mass is 16.6. The van der Waals surface area contributed by atoms with Gasteiger partial charge in [0.2, 0.25) is 0 Å². The van der Waals surface area contributed by atoms with Crippen LogP contribution in [0.15, 0.2) is 47.8 Å². The van der Waals surface area contributed by atoms with Crippen LogP contribution < -0.4 is 0 Å². The largest absolute Gasteiger partial charge is 0.463 e. The molecule has 0 N–H and O–H groups in total. The Labute approximate surface area is 160 Å². The van der Waals surface area contributed by atoms with Gasteiger partial charge in [0.25, 0.3) is 5.69 Å². The molecule has 0 amide bonds. The fourth-order valence-electron chi connectivity index (χ4n) is 3.39. The molecule has 6 nitrogen and oxygen atoms in total. The Kier molecular flexibility index (Phi) is 7.58. The van der Waals surface area contributed by atoms with Crippen LogP contribution >= 0.6 is 0 Å². The summed E-state index contributed by atoms with van der Waals surface area (Å²) in [6.45, 7) is 6.89. The highest BCUT2D eigenvalue weighted by Crippen LogP contribution is 2.38. The third kappa shape index (κ3) is 4.96. The number of unbranched alkanes of at least 4 members (excludes halogenated alkanes) is 3. The molecule has 0 spiro atoms. The Bertz CT molecular complexity index is 739. The van der Waals surface area contributed by atoms with E-state index in [9.17, 15) is 14.9 Å². The van der Waals surface area contributed by atoms with Gasteiger partial charge in [-0.3, -0.25) is 10.1 Å². The number of benzene rings is 1. The predicted octanol–water partition coefficient (Wildman–Crippen LogP) is 4.93. The summed E-state index contributed by atoms with van der Waals surface area (Å²) in [6.07, 6.45) is 8.31. The molecule has 0 aliphatic carbocycles. The van der Waals surface area contributed by atoms with Crippen molar-refractivity contribution >= 4 is 11.7 Å². The summed E-state index contributed by atoms with van der Waals surface area (Å²) in [5.41, 5.74) is 1.80. The summed E-state index contributed by atoms with van der Waals surface area (Å²) in [4.78, 5) is 25.8. The first-order chi connectivity index (χ1) is 13.0. The lowest BCUT2D eigenvalue weighted by Crippen LogP contribution is -2.28. The van der Waals surface area contributed by atoms with Crippen LogP contribution in [0.25, 0.3) is 0 Å². The fraction of sp³-hybridized carbons (Fsp3) is 0.476. The van der Waals surface area contributed by atoms with Crippen molar-refractivity contribution in [2.75, 3.05) is 13.2 Å². The molecule has 1 aromatic carbocycles. The molecule has 1 aliphatic heterocycles. The zero-order chi connectivity index (χ0) is 19.8. The molecule has 0 radical (unpaired) electrons. The van der Waals surface area contributed by atoms with E-state index < -0.39 is 16.8 Å². The van der Waals surface area contributed by atoms with E-state index in [1.165, 1.54) is 18.9 Å². The van der Waals surface area contributed by atoms with Crippen LogP contribution in [0.3, 0.4) is 0 Å². The minimum atomic E-state index is -0.488. The lowest BCUT2D eigenvalue weighted by atomic mass is 9.86. The number of rotatable bonds is 9. The van der Waals surface area contributed by atoms with Crippen molar-refractivity contribution in [2.24, 2.45) is 0 Å². The van der Waals surface area contributed by atoms with Gasteiger partial charge in [0.05, 0.1) is 17.1 Å². The van der Waals surface area contributed by atoms with Gasteiger partial charge in [0.15, 0.2) is 0 Å². The van der Waals surface area contributed by atoms with E-state index in [1.807, 2.05) is 24.1 Å². The van der Waals surface area contributed by atoms with E-state index >= 15 is 0 Å². The third-order valence-electron chi connectivity index (χ3n) is 4.81. The van der Waals surface area contributed by atoms with Crippen molar-refractivity contribution in [2.45, 2.75) is 52.4 Å². The average Bonchev–Trinajstić information content (AvgIpc) is 2.66. The first-order valence-electron chi connectivity index (χ1n) is 9.57. The van der Waals surface area contributed by atoms with Crippen LogP contribution in [0.5, 0.6) is 0 Å². The van der Waals surface area contributed by atoms with Crippen LogP contribution in [0, 0.1) is 10.1 Å². The zero-order valence-corrected chi connectivity index (χ0v) is 16.3. The molecule has 27 heavy (non-hydrogen) atoms. The lowest BCUT2D eigenvalue weighted by molar-refractivity contribution is -0.385. The van der Waals surface area contributed by atoms with E-state index in [1.54, 1.807) is 25.1 Å². The van der Waals surface area contributed by atoms with Crippen LogP contribution in [0.4, 0.5) is 5.69 Å². The van der Waals surface area contributed by atoms with Gasteiger partial charge in [-0.25, -0.2) is 4.79 Å². The van der Waals surface area contributed by atoms with E-state index in [-0.39, 0.29) is 12.3 Å². The number of esters is 1. The molecule has 1 aliphatic rings. The normalized spacial score (nSPS) is 16.6. The van der Waals surface area contributed by atoms with Crippen molar-refractivity contribution in [3.05, 3.63) is 63.5 Å². The van der Waals surface area contributed by atoms with Gasteiger partial charge in [0.1, 0.15) is 0 Å². The quantitative estimate of drug-likeness (QED) is 0.266. The number of ether oxygens (including phenoxy) is 1. The second kappa shape index (κ2) is 9.90. The van der Waals surface area contributed by atoms with Gasteiger partial charge in [-0.1, -0.05) is 50.5 Å². The first kappa shape index (κ1) is 20.7. The summed E-state index contributed by atoms with van der Waals surface area (Å²) < 4.78 is 5.27. The summed E-state index contributed by atoms with van der Waals surface area (Å²) in [5, 5.41) is 11.5. The van der Waals surface area contributed by atoms with Gasteiger partial charge in [0, 0.05) is 36.0 Å². The monoisotopic (exact) mass is 372 g/mol. The molecule has 6 heteroatoms. The van der Waals surface area contributed by atoms with E-state index in [0.717, 1.165) is 25.1 Å². The van der Waals surface area contributed by atoms with Gasteiger partial charge in [-0.2, -0.15) is 0 Å². The molecule has 1 atom stereocenters. The number of hydrogen-bond donors (Lipinski definition) is 0. The third-order valence-corrected chi connectivity index (χ3v) is 4.81. The number of allylic oxidation sites excluding steroid dienone is 2. The van der Waals surface area contributed by atoms with Crippen molar-refractivity contribution in [1.82, 2.24) is 4.90 Å². The smallest absolute Gasteiger partial charge is 0.336 e. The fourth-order valence-corrected chi connectivity index (χ4v) is 3.39. The second-order valence-electron chi connectivity index (χ2n) is 6.61. The van der Waals surface area contributed by atoms with Crippen molar-refractivity contribution in [1.29, 1.82) is 0 Å². The highest BCUT2D eigenvalue weighted by molar-refractivity contribution is 5.92. The van der Waals surface area contributed by atoms with Crippen LogP contribution in [-0.4, -0.2) is 28.9 Å². The van der Waals surface area contributed by atoms with E-state index in [4.69, 9.17) is 4.74 Å². The summed E-state index contributed by atoms with van der Waals surface area (Å²) in [6, 6.07) is 6.56. The van der Waals surface area contributed by atoms with Gasteiger partial charge in [-0.15, -0.1) is 0 Å². The van der Waals surface area contributed by atoms with Crippen LogP contribution in [0.1, 0.15) is 57.9 Å². The van der Waals surface area contributed by atoms with Crippen molar-refractivity contribution < 1.29 is 14.5 Å². The average molecular weight is 372 g/mol. The molecule has 0 bridgehead atoms. The van der Waals surface area contributed by atoms with Crippen LogP contribution in [0.2, 0.25) is 0 Å². The summed E-state index contributed by atoms with van der Waals surface area (Å²) in [7, 11) is 0. The molecule has 146 valence electrons. The number of hydrogen-bond acceptors (Lipinski definition) is 5. The summed E-state index contributed by atoms with van der Waals surface area (Å²) >= 11 is 0. The molecular weight excluding hydrogens is 344 g/mol. The van der Waals surface area contributed by atoms with Gasteiger partial charge < -0.3 is 9.64 Å². The molecule has 0 saturated carbocycles. The van der Waals surface area contributed by atoms with Crippen molar-refractivity contribution in [3.8, 4) is 0 Å². The molecule has 0 saturated heterocycles. The maximum absolute atomic E-state index is 12.7.